The van der Waals surface area contributed by atoms with Crippen molar-refractivity contribution in [3.8, 4) is 11.3 Å². The summed E-state index contributed by atoms with van der Waals surface area (Å²) in [5.41, 5.74) is 8.93. The van der Waals surface area contributed by atoms with Crippen LogP contribution in [0.1, 0.15) is 5.56 Å². The van der Waals surface area contributed by atoms with Gasteiger partial charge in [0.15, 0.2) is 0 Å². The van der Waals surface area contributed by atoms with E-state index in [1.807, 2.05) is 25.5 Å². The highest BCUT2D eigenvalue weighted by Gasteiger charge is 2.06. The molecule has 0 spiro atoms. The summed E-state index contributed by atoms with van der Waals surface area (Å²) in [6.45, 7) is 2.06. The maximum absolute atomic E-state index is 5.80. The molecule has 4 nitrogen and oxygen atoms in total. The second-order valence-corrected chi connectivity index (χ2v) is 4.47. The zero-order valence-corrected chi connectivity index (χ0v) is 10.4. The quantitative estimate of drug-likeness (QED) is 0.708. The van der Waals surface area contributed by atoms with E-state index in [9.17, 15) is 0 Å². The number of rotatable bonds is 1. The average molecular weight is 238 g/mol. The van der Waals surface area contributed by atoms with Gasteiger partial charge in [-0.1, -0.05) is 12.1 Å². The van der Waals surface area contributed by atoms with Crippen LogP contribution in [-0.4, -0.2) is 14.8 Å². The van der Waals surface area contributed by atoms with Gasteiger partial charge in [0.1, 0.15) is 5.82 Å². The van der Waals surface area contributed by atoms with Crippen molar-refractivity contribution in [2.24, 2.45) is 7.05 Å². The summed E-state index contributed by atoms with van der Waals surface area (Å²) >= 11 is 0. The minimum absolute atomic E-state index is 0.660. The Kier molecular flexibility index (Phi) is 2.30. The number of hydrogen-bond donors (Lipinski definition) is 1. The van der Waals surface area contributed by atoms with Crippen LogP contribution in [0.3, 0.4) is 0 Å². The maximum Gasteiger partial charge on any atom is 0.121 e. The number of nitrogens with zero attached hydrogens (tertiary/aromatic N) is 3. The molecule has 3 rings (SSSR count). The van der Waals surface area contributed by atoms with Crippen LogP contribution in [0.5, 0.6) is 0 Å². The molecule has 2 N–H and O–H groups in total. The predicted octanol–water partition coefficient (Wildman–Crippen LogP) is 2.53. The molecule has 0 unspecified atom stereocenters. The first kappa shape index (κ1) is 10.8. The fourth-order valence-electron chi connectivity index (χ4n) is 2.11. The van der Waals surface area contributed by atoms with Gasteiger partial charge in [-0.15, -0.1) is 0 Å². The number of hydrogen-bond acceptors (Lipinski definition) is 3. The molecule has 2 heterocycles. The van der Waals surface area contributed by atoms with Gasteiger partial charge in [-0.3, -0.25) is 9.67 Å². The lowest BCUT2D eigenvalue weighted by atomic mass is 10.0. The van der Waals surface area contributed by atoms with Crippen LogP contribution in [0.25, 0.3) is 22.0 Å². The first-order chi connectivity index (χ1) is 8.65. The van der Waals surface area contributed by atoms with Gasteiger partial charge in [0, 0.05) is 36.5 Å². The molecule has 0 saturated carbocycles. The number of pyridine rings is 1. The van der Waals surface area contributed by atoms with Crippen LogP contribution in [0.15, 0.2) is 36.7 Å². The molecular weight excluding hydrogens is 224 g/mol. The van der Waals surface area contributed by atoms with Gasteiger partial charge >= 0.3 is 0 Å². The molecule has 0 aliphatic carbocycles. The normalized spacial score (nSPS) is 11.0. The van der Waals surface area contributed by atoms with E-state index in [-0.39, 0.29) is 0 Å². The zero-order valence-electron chi connectivity index (χ0n) is 10.4. The van der Waals surface area contributed by atoms with Gasteiger partial charge in [-0.25, -0.2) is 0 Å². The molecular formula is C14H14N4. The van der Waals surface area contributed by atoms with Gasteiger partial charge in [0.05, 0.1) is 5.69 Å². The van der Waals surface area contributed by atoms with Gasteiger partial charge in [0.2, 0.25) is 0 Å². The Labute approximate surface area is 105 Å². The van der Waals surface area contributed by atoms with Crippen molar-refractivity contribution in [3.63, 3.8) is 0 Å². The number of nitrogens with two attached hydrogens (primary N) is 1. The number of benzene rings is 1. The summed E-state index contributed by atoms with van der Waals surface area (Å²) < 4.78 is 1.67. The zero-order chi connectivity index (χ0) is 12.7. The van der Waals surface area contributed by atoms with Crippen molar-refractivity contribution in [2.45, 2.75) is 6.92 Å². The van der Waals surface area contributed by atoms with Crippen molar-refractivity contribution >= 4 is 16.6 Å². The molecule has 90 valence electrons. The minimum atomic E-state index is 0.660. The first-order valence-electron chi connectivity index (χ1n) is 5.79. The van der Waals surface area contributed by atoms with E-state index in [1.165, 1.54) is 10.9 Å². The Hall–Kier alpha value is -2.36. The van der Waals surface area contributed by atoms with E-state index >= 15 is 0 Å². The molecule has 0 aliphatic heterocycles. The summed E-state index contributed by atoms with van der Waals surface area (Å²) in [5.74, 6) is 0.660. The molecule has 0 aliphatic rings. The maximum atomic E-state index is 5.80. The van der Waals surface area contributed by atoms with Gasteiger partial charge in [-0.2, -0.15) is 5.10 Å². The second-order valence-electron chi connectivity index (χ2n) is 4.47. The smallest absolute Gasteiger partial charge is 0.121 e. The summed E-state index contributed by atoms with van der Waals surface area (Å²) in [6, 6.07) is 8.14. The molecule has 0 amide bonds. The van der Waals surface area contributed by atoms with E-state index in [1.54, 1.807) is 4.68 Å². The van der Waals surface area contributed by atoms with Crippen LogP contribution in [-0.2, 0) is 7.05 Å². The largest absolute Gasteiger partial charge is 0.384 e. The molecule has 0 bridgehead atoms. The second kappa shape index (κ2) is 3.84. The van der Waals surface area contributed by atoms with Crippen LogP contribution >= 0.6 is 0 Å². The average Bonchev–Trinajstić information content (AvgIpc) is 2.70. The summed E-state index contributed by atoms with van der Waals surface area (Å²) in [5, 5.41) is 6.72. The Bertz CT molecular complexity index is 708. The number of fused-ring (bicyclic) bond motifs is 1. The molecule has 4 heteroatoms. The first-order valence-corrected chi connectivity index (χ1v) is 5.79. The highest BCUT2D eigenvalue weighted by molar-refractivity contribution is 5.88. The fraction of sp³-hybridized carbons (Fsp3) is 0.143. The van der Waals surface area contributed by atoms with Crippen LogP contribution in [0.4, 0.5) is 5.82 Å². The standard InChI is InChI=1S/C14H14N4/c1-9-7-16-8-11-5-10(3-4-12(9)11)13-6-14(15)18(2)17-13/h3-8H,15H2,1-2H3. The predicted molar refractivity (Wildman–Crippen MR) is 73.1 cm³/mol. The van der Waals surface area contributed by atoms with E-state index in [0.717, 1.165) is 16.6 Å². The molecule has 18 heavy (non-hydrogen) atoms. The van der Waals surface area contributed by atoms with Crippen molar-refractivity contribution in [1.29, 1.82) is 0 Å². The number of aryl methyl sites for hydroxylation is 2. The van der Waals surface area contributed by atoms with E-state index < -0.39 is 0 Å². The lowest BCUT2D eigenvalue weighted by Gasteiger charge is -2.03. The van der Waals surface area contributed by atoms with Crippen LogP contribution < -0.4 is 5.73 Å². The summed E-state index contributed by atoms with van der Waals surface area (Å²) in [6.07, 6.45) is 3.75. The van der Waals surface area contributed by atoms with Crippen molar-refractivity contribution in [1.82, 2.24) is 14.8 Å². The van der Waals surface area contributed by atoms with E-state index in [0.29, 0.717) is 5.82 Å². The lowest BCUT2D eigenvalue weighted by molar-refractivity contribution is 0.782. The molecule has 0 radical (unpaired) electrons. The number of aromatic nitrogens is 3. The van der Waals surface area contributed by atoms with Crippen molar-refractivity contribution < 1.29 is 0 Å². The fourth-order valence-corrected chi connectivity index (χ4v) is 2.11. The number of nitrogen functional groups attached to an aromatic ring is 1. The third-order valence-electron chi connectivity index (χ3n) is 3.17. The van der Waals surface area contributed by atoms with Gasteiger partial charge < -0.3 is 5.73 Å². The molecule has 3 aromatic rings. The minimum Gasteiger partial charge on any atom is -0.384 e. The molecule has 0 saturated heterocycles. The van der Waals surface area contributed by atoms with Gasteiger partial charge in [-0.05, 0) is 23.9 Å². The van der Waals surface area contributed by atoms with Crippen molar-refractivity contribution in [2.75, 3.05) is 5.73 Å². The Morgan fingerprint density at radius 2 is 2.00 bits per heavy atom. The van der Waals surface area contributed by atoms with Crippen molar-refractivity contribution in [3.05, 3.63) is 42.2 Å². The Balaban J connectivity index is 2.19. The van der Waals surface area contributed by atoms with Crippen LogP contribution in [0.2, 0.25) is 0 Å². The van der Waals surface area contributed by atoms with Crippen LogP contribution in [0, 0.1) is 6.92 Å². The third-order valence-corrected chi connectivity index (χ3v) is 3.17. The monoisotopic (exact) mass is 238 g/mol. The van der Waals surface area contributed by atoms with E-state index in [4.69, 9.17) is 5.73 Å². The molecule has 0 atom stereocenters. The lowest BCUT2D eigenvalue weighted by Crippen LogP contribution is -1.96. The highest BCUT2D eigenvalue weighted by atomic mass is 15.3. The number of anilines is 1. The Morgan fingerprint density at radius 1 is 1.17 bits per heavy atom. The van der Waals surface area contributed by atoms with E-state index in [2.05, 4.69) is 35.2 Å². The third kappa shape index (κ3) is 1.62. The van der Waals surface area contributed by atoms with Gasteiger partial charge in [0.25, 0.3) is 0 Å². The Morgan fingerprint density at radius 3 is 2.72 bits per heavy atom. The molecule has 2 aromatic heterocycles. The summed E-state index contributed by atoms with van der Waals surface area (Å²) in [4.78, 5) is 4.22. The summed E-state index contributed by atoms with van der Waals surface area (Å²) in [7, 11) is 1.84. The molecule has 1 aromatic carbocycles. The SMILES string of the molecule is Cc1cncc2cc(-c3cc(N)n(C)n3)ccc12. The topological polar surface area (TPSA) is 56.7 Å². The molecule has 0 fully saturated rings. The highest BCUT2D eigenvalue weighted by Crippen LogP contribution is 2.25.